The minimum absolute atomic E-state index is 0. The summed E-state index contributed by atoms with van der Waals surface area (Å²) in [6, 6.07) is 0. The molecule has 4 atom stereocenters. The summed E-state index contributed by atoms with van der Waals surface area (Å²) in [4.78, 5) is 9.90. The number of rotatable bonds is 5. The Kier molecular flexibility index (Phi) is 9.12. The summed E-state index contributed by atoms with van der Waals surface area (Å²) in [6.07, 6.45) is -6.84. The van der Waals surface area contributed by atoms with E-state index in [4.69, 9.17) is 25.5 Å². The van der Waals surface area contributed by atoms with Crippen molar-refractivity contribution in [2.75, 3.05) is 6.61 Å². The molecule has 0 aromatic rings. The first-order chi connectivity index (χ1) is 5.54. The van der Waals surface area contributed by atoms with Crippen molar-refractivity contribution < 1.29 is 52.0 Å². The van der Waals surface area contributed by atoms with Gasteiger partial charge in [-0.1, -0.05) is 0 Å². The summed E-state index contributed by atoms with van der Waals surface area (Å²) >= 11 is 0. The van der Waals surface area contributed by atoms with Gasteiger partial charge in [-0.25, -0.2) is 0 Å². The van der Waals surface area contributed by atoms with Gasteiger partial charge in [0, 0.05) is 21.7 Å². The van der Waals surface area contributed by atoms with Crippen LogP contribution in [0.3, 0.4) is 0 Å². The molecule has 6 nitrogen and oxygen atoms in total. The third-order valence-corrected chi connectivity index (χ3v) is 1.42. The van der Waals surface area contributed by atoms with E-state index in [1.807, 2.05) is 0 Å². The average molecular weight is 228 g/mol. The summed E-state index contributed by atoms with van der Waals surface area (Å²) < 4.78 is 0. The first kappa shape index (κ1) is 15.6. The Bertz CT molecular complexity index is 143. The minimum Gasteiger partial charge on any atom is -0.394 e. The van der Waals surface area contributed by atoms with Crippen molar-refractivity contribution in [2.45, 2.75) is 24.4 Å². The Labute approximate surface area is 89.7 Å². The van der Waals surface area contributed by atoms with Crippen LogP contribution in [0.5, 0.6) is 0 Å². The summed E-state index contributed by atoms with van der Waals surface area (Å²) in [7, 11) is 0. The maximum absolute atomic E-state index is 9.90. The maximum atomic E-state index is 9.90. The fourth-order valence-electron chi connectivity index (χ4n) is 0.618. The van der Waals surface area contributed by atoms with Gasteiger partial charge in [-0.3, -0.25) is 0 Å². The van der Waals surface area contributed by atoms with Crippen LogP contribution >= 0.6 is 0 Å². The van der Waals surface area contributed by atoms with Crippen LogP contribution < -0.4 is 0 Å². The smallest absolute Gasteiger partial charge is 0.151 e. The van der Waals surface area contributed by atoms with E-state index in [1.54, 1.807) is 0 Å². The Morgan fingerprint density at radius 1 is 1.08 bits per heavy atom. The van der Waals surface area contributed by atoms with Crippen molar-refractivity contribution in [3.05, 3.63) is 0 Å². The zero-order valence-electron chi connectivity index (χ0n) is 6.74. The second-order valence-corrected chi connectivity index (χ2v) is 2.36. The molecule has 7 heteroatoms. The standard InChI is InChI=1S/C6H12O6.Ti/c7-1-3(9)5(11)6(12)4(10)2-8;/h1,3-6,8-12H,2H2;. The quantitative estimate of drug-likeness (QED) is 0.247. The Morgan fingerprint density at radius 2 is 1.54 bits per heavy atom. The predicted octanol–water partition coefficient (Wildman–Crippen LogP) is -3.38. The fourth-order valence-corrected chi connectivity index (χ4v) is 0.618. The molecule has 0 radical (unpaired) electrons. The molecule has 0 aliphatic heterocycles. The van der Waals surface area contributed by atoms with E-state index in [2.05, 4.69) is 0 Å². The van der Waals surface area contributed by atoms with Crippen LogP contribution in [-0.4, -0.2) is 62.8 Å². The fraction of sp³-hybridized carbons (Fsp3) is 0.833. The molecule has 13 heavy (non-hydrogen) atoms. The molecule has 4 unspecified atom stereocenters. The van der Waals surface area contributed by atoms with E-state index >= 15 is 0 Å². The van der Waals surface area contributed by atoms with Gasteiger partial charge in [0.05, 0.1) is 6.61 Å². The van der Waals surface area contributed by atoms with Gasteiger partial charge in [0.15, 0.2) is 6.29 Å². The molecular formula is C6H12O6Ti. The maximum Gasteiger partial charge on any atom is 0.151 e. The topological polar surface area (TPSA) is 118 Å². The molecule has 0 aliphatic carbocycles. The average Bonchev–Trinajstić information content (AvgIpc) is 2.12. The zero-order valence-corrected chi connectivity index (χ0v) is 8.30. The molecule has 5 N–H and O–H groups in total. The van der Waals surface area contributed by atoms with Crippen LogP contribution in [0.1, 0.15) is 0 Å². The summed E-state index contributed by atoms with van der Waals surface area (Å²) in [5.41, 5.74) is 0. The van der Waals surface area contributed by atoms with Crippen molar-refractivity contribution >= 4 is 6.29 Å². The van der Waals surface area contributed by atoms with E-state index in [0.29, 0.717) is 0 Å². The first-order valence-corrected chi connectivity index (χ1v) is 3.33. The Hall–Kier alpha value is 0.184. The predicted molar refractivity (Wildman–Crippen MR) is 37.2 cm³/mol. The van der Waals surface area contributed by atoms with Crippen LogP contribution in [0.25, 0.3) is 0 Å². The molecule has 0 fully saturated rings. The van der Waals surface area contributed by atoms with E-state index in [0.717, 1.165) is 0 Å². The van der Waals surface area contributed by atoms with Gasteiger partial charge in [-0.05, 0) is 0 Å². The summed E-state index contributed by atoms with van der Waals surface area (Å²) in [5, 5.41) is 43.5. The van der Waals surface area contributed by atoms with Crippen molar-refractivity contribution in [1.29, 1.82) is 0 Å². The van der Waals surface area contributed by atoms with Gasteiger partial charge >= 0.3 is 0 Å². The molecule has 0 spiro atoms. The monoisotopic (exact) mass is 228 g/mol. The number of carbonyl (C=O) groups excluding carboxylic acids is 1. The van der Waals surface area contributed by atoms with Crippen LogP contribution in [0.4, 0.5) is 0 Å². The zero-order chi connectivity index (χ0) is 9.72. The molecule has 0 aromatic carbocycles. The Morgan fingerprint density at radius 3 is 1.85 bits per heavy atom. The van der Waals surface area contributed by atoms with Gasteiger partial charge in [0.25, 0.3) is 0 Å². The molecule has 0 saturated carbocycles. The number of hydrogen-bond donors (Lipinski definition) is 5. The second kappa shape index (κ2) is 7.58. The molecule has 0 bridgehead atoms. The van der Waals surface area contributed by atoms with Crippen LogP contribution in [0.2, 0.25) is 0 Å². The van der Waals surface area contributed by atoms with Gasteiger partial charge in [0.1, 0.15) is 24.4 Å². The molecule has 0 rings (SSSR count). The van der Waals surface area contributed by atoms with Crippen molar-refractivity contribution in [1.82, 2.24) is 0 Å². The van der Waals surface area contributed by atoms with Crippen molar-refractivity contribution in [3.8, 4) is 0 Å². The van der Waals surface area contributed by atoms with Crippen LogP contribution in [0.15, 0.2) is 0 Å². The number of aldehydes is 1. The molecule has 0 aliphatic rings. The van der Waals surface area contributed by atoms with Crippen molar-refractivity contribution in [2.24, 2.45) is 0 Å². The number of aliphatic hydroxyl groups excluding tert-OH is 5. The molecular weight excluding hydrogens is 216 g/mol. The summed E-state index contributed by atoms with van der Waals surface area (Å²) in [5.74, 6) is 0. The van der Waals surface area contributed by atoms with Gasteiger partial charge in [-0.15, -0.1) is 0 Å². The van der Waals surface area contributed by atoms with Gasteiger partial charge in [0.2, 0.25) is 0 Å². The number of carbonyl (C=O) groups is 1. The normalized spacial score (nSPS) is 19.5. The van der Waals surface area contributed by atoms with Crippen molar-refractivity contribution in [3.63, 3.8) is 0 Å². The van der Waals surface area contributed by atoms with E-state index < -0.39 is 31.0 Å². The largest absolute Gasteiger partial charge is 0.394 e. The molecule has 0 amide bonds. The van der Waals surface area contributed by atoms with Gasteiger partial charge in [-0.2, -0.15) is 0 Å². The second-order valence-electron chi connectivity index (χ2n) is 2.36. The molecule has 0 heterocycles. The molecule has 76 valence electrons. The first-order valence-electron chi connectivity index (χ1n) is 3.33. The summed E-state index contributed by atoms with van der Waals surface area (Å²) in [6.45, 7) is -0.760. The van der Waals surface area contributed by atoms with E-state index in [-0.39, 0.29) is 28.0 Å². The third-order valence-electron chi connectivity index (χ3n) is 1.42. The third kappa shape index (κ3) is 4.82. The molecule has 0 aromatic heterocycles. The Balaban J connectivity index is 0. The van der Waals surface area contributed by atoms with Crippen LogP contribution in [-0.2, 0) is 26.5 Å². The number of aliphatic hydroxyl groups is 5. The SMILES string of the molecule is O=CC(O)C(O)C(O)C(O)CO.[Ti]. The number of hydrogen-bond acceptors (Lipinski definition) is 6. The molecule has 0 saturated heterocycles. The van der Waals surface area contributed by atoms with E-state index in [1.165, 1.54) is 0 Å². The van der Waals surface area contributed by atoms with Gasteiger partial charge < -0.3 is 30.3 Å². The minimum atomic E-state index is -1.79. The van der Waals surface area contributed by atoms with Crippen LogP contribution in [0, 0.1) is 0 Å². The van der Waals surface area contributed by atoms with E-state index in [9.17, 15) is 4.79 Å².